The number of carbonyl (C=O) groups excluding carboxylic acids is 1. The molecule has 1 atom stereocenters. The average molecular weight is 453 g/mol. The lowest BCUT2D eigenvalue weighted by Gasteiger charge is -2.21. The van der Waals surface area contributed by atoms with Crippen molar-refractivity contribution in [2.45, 2.75) is 50.2 Å². The Kier molecular flexibility index (Phi) is 5.79. The second-order valence-electron chi connectivity index (χ2n) is 8.81. The molecule has 0 aliphatic carbocycles. The molecule has 31 heavy (non-hydrogen) atoms. The third kappa shape index (κ3) is 5.16. The second-order valence-corrected chi connectivity index (χ2v) is 10.8. The van der Waals surface area contributed by atoms with Crippen molar-refractivity contribution in [3.63, 3.8) is 0 Å². The van der Waals surface area contributed by atoms with Crippen LogP contribution in [0.15, 0.2) is 35.2 Å². The fourth-order valence-corrected chi connectivity index (χ4v) is 3.90. The molecule has 1 aliphatic heterocycles. The summed E-state index contributed by atoms with van der Waals surface area (Å²) in [6.07, 6.45) is 1.21. The molecule has 0 radical (unpaired) electrons. The number of rotatable bonds is 5. The molecule has 0 bridgehead atoms. The minimum Gasteiger partial charge on any atom is -0.484 e. The highest BCUT2D eigenvalue weighted by Crippen LogP contribution is 2.43. The lowest BCUT2D eigenvalue weighted by Crippen LogP contribution is -2.34. The van der Waals surface area contributed by atoms with Gasteiger partial charge in [-0.15, -0.1) is 0 Å². The number of hydrogen-bond acceptors (Lipinski definition) is 7. The Hall–Kier alpha value is -2.65. The van der Waals surface area contributed by atoms with Crippen LogP contribution < -0.4 is 9.47 Å². The largest absolute Gasteiger partial charge is 0.484 e. The van der Waals surface area contributed by atoms with Gasteiger partial charge >= 0.3 is 5.97 Å². The standard InChI is InChI=1S/C22H25FO7S/c1-21(2,3)30-20(25)13-8-17(15-11-22(4,12-24)29-18(15)9-13)28-14-6-7-19(16(23)10-14)31(5,26)27/h6-10,24H,11-12H2,1-5H3. The number of benzene rings is 2. The predicted octanol–water partition coefficient (Wildman–Crippen LogP) is 3.66. The number of aliphatic hydroxyl groups excluding tert-OH is 1. The van der Waals surface area contributed by atoms with E-state index in [1.54, 1.807) is 27.7 Å². The third-order valence-corrected chi connectivity index (χ3v) is 5.70. The maximum absolute atomic E-state index is 14.3. The molecule has 0 amide bonds. The molecule has 2 aromatic carbocycles. The topological polar surface area (TPSA) is 99.1 Å². The Morgan fingerprint density at radius 1 is 1.26 bits per heavy atom. The summed E-state index contributed by atoms with van der Waals surface area (Å²) in [5, 5.41) is 9.69. The number of hydrogen-bond donors (Lipinski definition) is 1. The third-order valence-electron chi connectivity index (χ3n) is 4.57. The van der Waals surface area contributed by atoms with E-state index in [2.05, 4.69) is 0 Å². The molecule has 0 fully saturated rings. The van der Waals surface area contributed by atoms with Crippen LogP contribution in [-0.4, -0.2) is 43.6 Å². The van der Waals surface area contributed by atoms with Gasteiger partial charge in [0, 0.05) is 24.3 Å². The first-order valence-corrected chi connectivity index (χ1v) is 11.5. The SMILES string of the molecule is CC(C)(C)OC(=O)c1cc(Oc2ccc(S(C)(=O)=O)c(F)c2)c2c(c1)OC(C)(CO)C2. The Morgan fingerprint density at radius 3 is 2.48 bits per heavy atom. The van der Waals surface area contributed by atoms with Crippen molar-refractivity contribution in [1.29, 1.82) is 0 Å². The lowest BCUT2D eigenvalue weighted by atomic mass is 9.98. The van der Waals surface area contributed by atoms with E-state index in [0.717, 1.165) is 18.4 Å². The van der Waals surface area contributed by atoms with E-state index in [4.69, 9.17) is 14.2 Å². The number of fused-ring (bicyclic) bond motifs is 1. The summed E-state index contributed by atoms with van der Waals surface area (Å²) in [7, 11) is -3.73. The van der Waals surface area contributed by atoms with Crippen LogP contribution in [0.4, 0.5) is 4.39 Å². The van der Waals surface area contributed by atoms with E-state index in [0.29, 0.717) is 17.7 Å². The average Bonchev–Trinajstić information content (AvgIpc) is 2.96. The van der Waals surface area contributed by atoms with E-state index in [-0.39, 0.29) is 23.7 Å². The Morgan fingerprint density at radius 2 is 1.94 bits per heavy atom. The van der Waals surface area contributed by atoms with Gasteiger partial charge in [0.25, 0.3) is 0 Å². The van der Waals surface area contributed by atoms with Gasteiger partial charge in [-0.05, 0) is 52.0 Å². The van der Waals surface area contributed by atoms with Gasteiger partial charge in [-0.25, -0.2) is 17.6 Å². The zero-order chi connectivity index (χ0) is 23.2. The first-order chi connectivity index (χ1) is 14.2. The first kappa shape index (κ1) is 23.0. The molecule has 7 nitrogen and oxygen atoms in total. The fourth-order valence-electron chi connectivity index (χ4n) is 3.17. The van der Waals surface area contributed by atoms with E-state index < -0.39 is 37.7 Å². The maximum Gasteiger partial charge on any atom is 0.338 e. The van der Waals surface area contributed by atoms with Gasteiger partial charge in [-0.2, -0.15) is 0 Å². The molecule has 9 heteroatoms. The monoisotopic (exact) mass is 452 g/mol. The molecule has 1 aliphatic rings. The van der Waals surface area contributed by atoms with Crippen molar-refractivity contribution in [3.05, 3.63) is 47.3 Å². The molecular formula is C22H25FO7S. The smallest absolute Gasteiger partial charge is 0.338 e. The summed E-state index contributed by atoms with van der Waals surface area (Å²) in [6.45, 7) is 6.66. The summed E-state index contributed by atoms with van der Waals surface area (Å²) in [5.74, 6) is -0.924. The molecule has 1 N–H and O–H groups in total. The Bertz CT molecular complexity index is 1140. The van der Waals surface area contributed by atoms with Crippen molar-refractivity contribution < 1.29 is 36.9 Å². The van der Waals surface area contributed by atoms with E-state index >= 15 is 0 Å². The van der Waals surface area contributed by atoms with Gasteiger partial charge in [-0.3, -0.25) is 0 Å². The number of aliphatic hydroxyl groups is 1. The summed E-state index contributed by atoms with van der Waals surface area (Å²) in [6, 6.07) is 6.38. The number of halogens is 1. The first-order valence-electron chi connectivity index (χ1n) is 9.58. The van der Waals surface area contributed by atoms with E-state index in [9.17, 15) is 22.7 Å². The van der Waals surface area contributed by atoms with Crippen molar-refractivity contribution in [2.24, 2.45) is 0 Å². The molecule has 1 unspecified atom stereocenters. The van der Waals surface area contributed by atoms with Crippen molar-refractivity contribution in [3.8, 4) is 17.2 Å². The summed E-state index contributed by atoms with van der Waals surface area (Å²) in [4.78, 5) is 12.2. The molecule has 0 saturated heterocycles. The van der Waals surface area contributed by atoms with Gasteiger partial charge in [-0.1, -0.05) is 0 Å². The molecule has 0 saturated carbocycles. The van der Waals surface area contributed by atoms with Crippen LogP contribution in [-0.2, 0) is 21.0 Å². The van der Waals surface area contributed by atoms with Crippen LogP contribution in [0, 0.1) is 5.82 Å². The number of ether oxygens (including phenoxy) is 3. The van der Waals surface area contributed by atoms with Crippen molar-refractivity contribution >= 4 is 15.8 Å². The molecule has 0 aromatic heterocycles. The zero-order valence-electron chi connectivity index (χ0n) is 18.0. The normalized spacial score (nSPS) is 18.3. The molecule has 168 valence electrons. The zero-order valence-corrected chi connectivity index (χ0v) is 18.8. The van der Waals surface area contributed by atoms with E-state index in [1.807, 2.05) is 0 Å². The van der Waals surface area contributed by atoms with Crippen LogP contribution in [0.5, 0.6) is 17.2 Å². The highest BCUT2D eigenvalue weighted by atomic mass is 32.2. The maximum atomic E-state index is 14.3. The lowest BCUT2D eigenvalue weighted by molar-refractivity contribution is 0.00676. The van der Waals surface area contributed by atoms with Crippen molar-refractivity contribution in [2.75, 3.05) is 12.9 Å². The van der Waals surface area contributed by atoms with Gasteiger partial charge in [0.05, 0.1) is 12.2 Å². The molecular weight excluding hydrogens is 427 g/mol. The minimum absolute atomic E-state index is 0.0473. The summed E-state index contributed by atoms with van der Waals surface area (Å²) in [5.41, 5.74) is -0.865. The molecule has 3 rings (SSSR count). The molecule has 2 aromatic rings. The fraction of sp³-hybridized carbons (Fsp3) is 0.409. The number of carbonyl (C=O) groups is 1. The van der Waals surface area contributed by atoms with E-state index in [1.165, 1.54) is 18.2 Å². The Labute approximate surface area is 180 Å². The predicted molar refractivity (Wildman–Crippen MR) is 111 cm³/mol. The minimum atomic E-state index is -3.73. The quantitative estimate of drug-likeness (QED) is 0.691. The highest BCUT2D eigenvalue weighted by Gasteiger charge is 2.37. The second kappa shape index (κ2) is 7.80. The van der Waals surface area contributed by atoms with Crippen LogP contribution in [0.3, 0.4) is 0 Å². The van der Waals surface area contributed by atoms with Gasteiger partial charge in [0.15, 0.2) is 9.84 Å². The van der Waals surface area contributed by atoms with Gasteiger partial charge in [0.2, 0.25) is 0 Å². The Balaban J connectivity index is 2.03. The van der Waals surface area contributed by atoms with Crippen molar-refractivity contribution in [1.82, 2.24) is 0 Å². The highest BCUT2D eigenvalue weighted by molar-refractivity contribution is 7.90. The van der Waals surface area contributed by atoms with Gasteiger partial charge < -0.3 is 19.3 Å². The molecule has 1 heterocycles. The van der Waals surface area contributed by atoms with Crippen LogP contribution in [0.1, 0.15) is 43.6 Å². The van der Waals surface area contributed by atoms with Crippen LogP contribution in [0.2, 0.25) is 0 Å². The summed E-state index contributed by atoms with van der Waals surface area (Å²) >= 11 is 0. The molecule has 0 spiro atoms. The van der Waals surface area contributed by atoms with Crippen LogP contribution >= 0.6 is 0 Å². The van der Waals surface area contributed by atoms with Crippen LogP contribution in [0.25, 0.3) is 0 Å². The number of esters is 1. The summed E-state index contributed by atoms with van der Waals surface area (Å²) < 4.78 is 54.7. The van der Waals surface area contributed by atoms with Gasteiger partial charge in [0.1, 0.15) is 39.2 Å². The number of sulfone groups is 1.